The summed E-state index contributed by atoms with van der Waals surface area (Å²) in [5, 5.41) is 0.811. The molecule has 25 heavy (non-hydrogen) atoms. The summed E-state index contributed by atoms with van der Waals surface area (Å²) in [6.45, 7) is 7.52. The zero-order valence-corrected chi connectivity index (χ0v) is 15.9. The zero-order valence-electron chi connectivity index (χ0n) is 15.2. The maximum atomic E-state index is 6.31. The van der Waals surface area contributed by atoms with Gasteiger partial charge in [-0.2, -0.15) is 0 Å². The van der Waals surface area contributed by atoms with E-state index >= 15 is 0 Å². The number of likely N-dealkylation sites (N-methyl/N-ethyl adjacent to an activating group) is 1. The number of fused-ring (bicyclic) bond motifs is 2. The molecule has 0 spiro atoms. The molecule has 0 amide bonds. The van der Waals surface area contributed by atoms with E-state index in [4.69, 9.17) is 16.6 Å². The molecule has 4 rings (SSSR count). The third kappa shape index (κ3) is 2.91. The van der Waals surface area contributed by atoms with E-state index in [9.17, 15) is 0 Å². The number of nitrogens with zero attached hydrogens (tertiary/aromatic N) is 4. The molecule has 0 radical (unpaired) electrons. The van der Waals surface area contributed by atoms with Crippen LogP contribution in [-0.2, 0) is 6.42 Å². The van der Waals surface area contributed by atoms with Gasteiger partial charge >= 0.3 is 0 Å². The molecule has 4 nitrogen and oxygen atoms in total. The van der Waals surface area contributed by atoms with Crippen LogP contribution in [0, 0.1) is 0 Å². The van der Waals surface area contributed by atoms with E-state index in [-0.39, 0.29) is 0 Å². The van der Waals surface area contributed by atoms with Gasteiger partial charge in [0.05, 0.1) is 0 Å². The van der Waals surface area contributed by atoms with Crippen LogP contribution in [0.5, 0.6) is 0 Å². The fraction of sp³-hybridized carbons (Fsp3) is 0.500. The van der Waals surface area contributed by atoms with E-state index < -0.39 is 0 Å². The van der Waals surface area contributed by atoms with Crippen LogP contribution in [0.3, 0.4) is 0 Å². The molecule has 5 heteroatoms. The van der Waals surface area contributed by atoms with Crippen molar-refractivity contribution in [3.8, 4) is 0 Å². The Balaban J connectivity index is 1.77. The van der Waals surface area contributed by atoms with Crippen molar-refractivity contribution in [3.63, 3.8) is 0 Å². The van der Waals surface area contributed by atoms with Crippen LogP contribution < -0.4 is 4.90 Å². The second-order valence-corrected chi connectivity index (χ2v) is 7.80. The topological polar surface area (TPSA) is 32.3 Å². The maximum absolute atomic E-state index is 6.31. The Morgan fingerprint density at radius 1 is 1.32 bits per heavy atom. The van der Waals surface area contributed by atoms with Crippen molar-refractivity contribution in [3.05, 3.63) is 46.4 Å². The van der Waals surface area contributed by atoms with Gasteiger partial charge in [0.2, 0.25) is 0 Å². The van der Waals surface area contributed by atoms with E-state index in [0.717, 1.165) is 36.9 Å². The van der Waals surface area contributed by atoms with Crippen LogP contribution in [0.1, 0.15) is 48.9 Å². The summed E-state index contributed by atoms with van der Waals surface area (Å²) in [6, 6.07) is 6.28. The zero-order chi connectivity index (χ0) is 17.6. The summed E-state index contributed by atoms with van der Waals surface area (Å²) in [5.74, 6) is 2.07. The van der Waals surface area contributed by atoms with Gasteiger partial charge in [-0.15, -0.1) is 0 Å². The van der Waals surface area contributed by atoms with Crippen molar-refractivity contribution >= 4 is 23.1 Å². The first-order valence-corrected chi connectivity index (χ1v) is 9.55. The lowest BCUT2D eigenvalue weighted by atomic mass is 10.0. The molecule has 0 fully saturated rings. The van der Waals surface area contributed by atoms with E-state index in [1.807, 2.05) is 6.07 Å². The van der Waals surface area contributed by atoms with E-state index in [2.05, 4.69) is 47.8 Å². The van der Waals surface area contributed by atoms with Crippen LogP contribution >= 0.6 is 11.6 Å². The molecule has 2 aromatic rings. The van der Waals surface area contributed by atoms with Crippen LogP contribution in [0.15, 0.2) is 24.5 Å². The Morgan fingerprint density at radius 3 is 2.96 bits per heavy atom. The van der Waals surface area contributed by atoms with Gasteiger partial charge in [-0.3, -0.25) is 0 Å². The lowest BCUT2D eigenvalue weighted by Crippen LogP contribution is -2.27. The SMILES string of the molecule is CCN(C)CC1CN(c2ncnc3c2C(C)CC3)c2ccc(Cl)cc21. The van der Waals surface area contributed by atoms with E-state index in [1.165, 1.54) is 28.9 Å². The van der Waals surface area contributed by atoms with Crippen LogP contribution in [0.2, 0.25) is 5.02 Å². The van der Waals surface area contributed by atoms with Crippen molar-refractivity contribution < 1.29 is 0 Å². The molecule has 1 aliphatic heterocycles. The molecule has 1 aliphatic carbocycles. The number of anilines is 2. The lowest BCUT2D eigenvalue weighted by molar-refractivity contribution is 0.332. The smallest absolute Gasteiger partial charge is 0.140 e. The molecular weight excluding hydrogens is 332 g/mol. The predicted octanol–water partition coefficient (Wildman–Crippen LogP) is 4.37. The normalized spacial score (nSPS) is 21.7. The quantitative estimate of drug-likeness (QED) is 0.814. The van der Waals surface area contributed by atoms with Gasteiger partial charge in [0, 0.05) is 41.0 Å². The van der Waals surface area contributed by atoms with Gasteiger partial charge in [-0.25, -0.2) is 9.97 Å². The molecule has 2 unspecified atom stereocenters. The van der Waals surface area contributed by atoms with Gasteiger partial charge in [-0.1, -0.05) is 25.4 Å². The maximum Gasteiger partial charge on any atom is 0.140 e. The number of hydrogen-bond acceptors (Lipinski definition) is 4. The van der Waals surface area contributed by atoms with Crippen molar-refractivity contribution in [2.45, 2.75) is 38.5 Å². The lowest BCUT2D eigenvalue weighted by Gasteiger charge is -2.24. The van der Waals surface area contributed by atoms with Crippen molar-refractivity contribution in [1.82, 2.24) is 14.9 Å². The summed E-state index contributed by atoms with van der Waals surface area (Å²) in [6.07, 6.45) is 3.97. The summed E-state index contributed by atoms with van der Waals surface area (Å²) in [4.78, 5) is 14.0. The Kier molecular flexibility index (Phi) is 4.42. The van der Waals surface area contributed by atoms with Gasteiger partial charge in [0.15, 0.2) is 0 Å². The minimum atomic E-state index is 0.445. The molecule has 2 heterocycles. The molecule has 2 aliphatic rings. The number of hydrogen-bond donors (Lipinski definition) is 0. The number of benzene rings is 1. The highest BCUT2D eigenvalue weighted by atomic mass is 35.5. The molecule has 0 N–H and O–H groups in total. The monoisotopic (exact) mass is 356 g/mol. The summed E-state index contributed by atoms with van der Waals surface area (Å²) in [7, 11) is 2.18. The number of halogens is 1. The standard InChI is InChI=1S/C20H25ClN4/c1-4-24(3)10-14-11-25(18-8-6-15(21)9-16(14)18)20-19-13(2)5-7-17(19)22-12-23-20/h6,8-9,12-14H,4-5,7,10-11H2,1-3H3. The third-order valence-corrected chi connectivity index (χ3v) is 5.94. The Labute approximate surface area is 154 Å². The van der Waals surface area contributed by atoms with Crippen molar-refractivity contribution in [2.24, 2.45) is 0 Å². The average molecular weight is 357 g/mol. The summed E-state index contributed by atoms with van der Waals surface area (Å²) in [5.41, 5.74) is 5.15. The second-order valence-electron chi connectivity index (χ2n) is 7.36. The van der Waals surface area contributed by atoms with Crippen molar-refractivity contribution in [1.29, 1.82) is 0 Å². The van der Waals surface area contributed by atoms with Gasteiger partial charge in [0.1, 0.15) is 12.1 Å². The highest BCUT2D eigenvalue weighted by molar-refractivity contribution is 6.30. The van der Waals surface area contributed by atoms with Crippen molar-refractivity contribution in [2.75, 3.05) is 31.6 Å². The van der Waals surface area contributed by atoms with Crippen LogP contribution in [0.4, 0.5) is 11.5 Å². The highest BCUT2D eigenvalue weighted by Gasteiger charge is 2.34. The first-order valence-electron chi connectivity index (χ1n) is 9.17. The third-order valence-electron chi connectivity index (χ3n) is 5.70. The second kappa shape index (κ2) is 6.58. The molecule has 0 bridgehead atoms. The molecule has 132 valence electrons. The molecule has 1 aromatic carbocycles. The molecule has 0 saturated carbocycles. The highest BCUT2D eigenvalue weighted by Crippen LogP contribution is 2.46. The molecule has 0 saturated heterocycles. The summed E-state index contributed by atoms with van der Waals surface area (Å²) >= 11 is 6.31. The molecule has 1 aromatic heterocycles. The minimum Gasteiger partial charge on any atom is -0.325 e. The van der Waals surface area contributed by atoms with E-state index in [1.54, 1.807) is 6.33 Å². The fourth-order valence-corrected chi connectivity index (χ4v) is 4.40. The largest absolute Gasteiger partial charge is 0.325 e. The van der Waals surface area contributed by atoms with Crippen LogP contribution in [0.25, 0.3) is 0 Å². The van der Waals surface area contributed by atoms with E-state index in [0.29, 0.717) is 11.8 Å². The van der Waals surface area contributed by atoms with Gasteiger partial charge < -0.3 is 9.80 Å². The number of aryl methyl sites for hydroxylation is 1. The first kappa shape index (κ1) is 16.8. The fourth-order valence-electron chi connectivity index (χ4n) is 4.22. The number of aromatic nitrogens is 2. The minimum absolute atomic E-state index is 0.445. The van der Waals surface area contributed by atoms with Gasteiger partial charge in [0.25, 0.3) is 0 Å². The Bertz CT molecular complexity index is 791. The molecular formula is C20H25ClN4. The Morgan fingerprint density at radius 2 is 2.16 bits per heavy atom. The molecule has 2 atom stereocenters. The van der Waals surface area contributed by atoms with Gasteiger partial charge in [-0.05, 0) is 56.1 Å². The first-order chi connectivity index (χ1) is 12.1. The van der Waals surface area contributed by atoms with Crippen LogP contribution in [-0.4, -0.2) is 41.5 Å². The predicted molar refractivity (Wildman–Crippen MR) is 103 cm³/mol. The Hall–Kier alpha value is -1.65. The summed E-state index contributed by atoms with van der Waals surface area (Å²) < 4.78 is 0. The average Bonchev–Trinajstić information content (AvgIpc) is 3.16. The number of rotatable bonds is 4.